The van der Waals surface area contributed by atoms with E-state index in [4.69, 9.17) is 9.47 Å². The Morgan fingerprint density at radius 3 is 0.882 bits per heavy atom. The van der Waals surface area contributed by atoms with E-state index in [0.29, 0.717) is 36.8 Å². The number of pyridine rings is 4. The number of hydrogen-bond donors (Lipinski definition) is 0. The number of rotatable bonds is 5. The van der Waals surface area contributed by atoms with Crippen LogP contribution in [0.4, 0.5) is 34.5 Å². The molecule has 0 bridgehead atoms. The fourth-order valence-electron chi connectivity index (χ4n) is 3.75. The van der Waals surface area contributed by atoms with Crippen molar-refractivity contribution in [3.8, 4) is 22.8 Å². The van der Waals surface area contributed by atoms with Gasteiger partial charge in [-0.3, -0.25) is 19.9 Å². The number of ether oxygens (including phenoxy) is 2. The van der Waals surface area contributed by atoms with E-state index in [0.717, 1.165) is 22.8 Å². The molecule has 2 aliphatic heterocycles. The zero-order chi connectivity index (χ0) is 37.2. The van der Waals surface area contributed by atoms with Crippen LogP contribution < -0.4 is 0 Å². The van der Waals surface area contributed by atoms with E-state index in [1.807, 2.05) is 72.8 Å². The normalized spacial score (nSPS) is 16.0. The van der Waals surface area contributed by atoms with Crippen molar-refractivity contribution in [1.82, 2.24) is 19.9 Å². The van der Waals surface area contributed by atoms with Gasteiger partial charge in [-0.15, -0.1) is 0 Å². The standard InChI is InChI=1S/C12H20N2O2.2C10H8N2.2BF4.Ru/c1-7(2)9-5-15-11(13-9)12-14-10(6-16-12)8(3)4;2*1-3-7-11-9(5-1)10-6-2-4-8-12-10;2*2-1(3,4)5;/h7-10H,5-6H2,1-4H3;2*1-8H;;;/q;;;2*-1;+2/t9-,10-;;;;;/m1...../s1. The summed E-state index contributed by atoms with van der Waals surface area (Å²) in [5, 5.41) is 0. The summed E-state index contributed by atoms with van der Waals surface area (Å²) in [7, 11) is -12.0. The average Bonchev–Trinajstić information content (AvgIpc) is 3.77. The summed E-state index contributed by atoms with van der Waals surface area (Å²) in [5.41, 5.74) is 3.66. The van der Waals surface area contributed by atoms with Crippen LogP contribution in [0.2, 0.25) is 0 Å². The first kappa shape index (κ1) is 44.8. The molecule has 276 valence electrons. The second-order valence-electron chi connectivity index (χ2n) is 11.0. The Kier molecular flexibility index (Phi) is 19.8. The van der Waals surface area contributed by atoms with E-state index in [1.165, 1.54) is 0 Å². The van der Waals surface area contributed by atoms with Crippen molar-refractivity contribution in [2.45, 2.75) is 39.8 Å². The van der Waals surface area contributed by atoms with E-state index >= 15 is 0 Å². The quantitative estimate of drug-likeness (QED) is 0.148. The smallest absolute Gasteiger partial charge is 0.472 e. The van der Waals surface area contributed by atoms with Gasteiger partial charge in [0.25, 0.3) is 11.8 Å². The predicted octanol–water partition coefficient (Wildman–Crippen LogP) is 8.78. The molecule has 0 aliphatic carbocycles. The Morgan fingerprint density at radius 2 is 0.725 bits per heavy atom. The number of aliphatic imine (C=N–C) groups is 2. The van der Waals surface area contributed by atoms with Gasteiger partial charge in [-0.1, -0.05) is 52.0 Å². The summed E-state index contributed by atoms with van der Waals surface area (Å²) in [6.45, 7) is 9.90. The first-order chi connectivity index (χ1) is 23.5. The van der Waals surface area contributed by atoms with E-state index < -0.39 is 14.5 Å². The Hall–Kier alpha value is -4.27. The monoisotopic (exact) mass is 812 g/mol. The van der Waals surface area contributed by atoms with Crippen molar-refractivity contribution in [1.29, 1.82) is 0 Å². The van der Waals surface area contributed by atoms with Crippen LogP contribution in [0.3, 0.4) is 0 Å². The summed E-state index contributed by atoms with van der Waals surface area (Å²) in [6, 6.07) is 23.7. The maximum atomic E-state index is 9.75. The van der Waals surface area contributed by atoms with Crippen molar-refractivity contribution >= 4 is 26.3 Å². The molecule has 0 radical (unpaired) electrons. The molecule has 0 amide bonds. The minimum atomic E-state index is -6.00. The third kappa shape index (κ3) is 20.2. The number of aromatic nitrogens is 4. The van der Waals surface area contributed by atoms with Crippen LogP contribution in [0.5, 0.6) is 0 Å². The topological polar surface area (TPSA) is 94.7 Å². The summed E-state index contributed by atoms with van der Waals surface area (Å²) in [5.74, 6) is 2.20. The average molecular weight is 811 g/mol. The van der Waals surface area contributed by atoms with Crippen molar-refractivity contribution in [2.24, 2.45) is 21.8 Å². The molecule has 0 saturated heterocycles. The molecule has 0 aromatic carbocycles. The second-order valence-corrected chi connectivity index (χ2v) is 11.0. The Labute approximate surface area is 304 Å². The van der Waals surface area contributed by atoms with Crippen molar-refractivity contribution in [3.05, 3.63) is 97.6 Å². The van der Waals surface area contributed by atoms with Gasteiger partial charge < -0.3 is 44.0 Å². The molecular weight excluding hydrogens is 775 g/mol. The van der Waals surface area contributed by atoms with Crippen molar-refractivity contribution < 1.29 is 63.5 Å². The van der Waals surface area contributed by atoms with E-state index in [1.54, 1.807) is 24.8 Å². The van der Waals surface area contributed by atoms with Gasteiger partial charge in [0.1, 0.15) is 13.2 Å². The molecule has 2 atom stereocenters. The minimum absolute atomic E-state index is 0. The van der Waals surface area contributed by atoms with Crippen LogP contribution in [0, 0.1) is 11.8 Å². The van der Waals surface area contributed by atoms with Gasteiger partial charge in [0.15, 0.2) is 0 Å². The zero-order valence-electron chi connectivity index (χ0n) is 28.0. The van der Waals surface area contributed by atoms with Gasteiger partial charge in [-0.2, -0.15) is 0 Å². The van der Waals surface area contributed by atoms with Gasteiger partial charge in [0.2, 0.25) is 0 Å². The summed E-state index contributed by atoms with van der Waals surface area (Å²) in [4.78, 5) is 25.7. The zero-order valence-corrected chi connectivity index (χ0v) is 29.7. The molecule has 4 aromatic rings. The van der Waals surface area contributed by atoms with Gasteiger partial charge in [-0.05, 0) is 60.4 Å². The first-order valence-corrected chi connectivity index (χ1v) is 15.3. The predicted molar refractivity (Wildman–Crippen MR) is 179 cm³/mol. The maximum absolute atomic E-state index is 9.75. The van der Waals surface area contributed by atoms with Crippen LogP contribution in [0.15, 0.2) is 108 Å². The molecule has 0 unspecified atom stereocenters. The van der Waals surface area contributed by atoms with Crippen molar-refractivity contribution in [2.75, 3.05) is 13.2 Å². The molecule has 6 heterocycles. The Balaban J connectivity index is 0.000000338. The maximum Gasteiger partial charge on any atom is 2.00 e. The molecule has 0 N–H and O–H groups in total. The fraction of sp³-hybridized carbons (Fsp3) is 0.312. The third-order valence-electron chi connectivity index (χ3n) is 6.25. The van der Waals surface area contributed by atoms with Gasteiger partial charge in [0, 0.05) is 24.8 Å². The molecular formula is C32H36B2F8N6O2Ru. The molecule has 0 spiro atoms. The van der Waals surface area contributed by atoms with Crippen LogP contribution in [-0.2, 0) is 29.0 Å². The van der Waals surface area contributed by atoms with E-state index in [-0.39, 0.29) is 31.6 Å². The third-order valence-corrected chi connectivity index (χ3v) is 6.25. The van der Waals surface area contributed by atoms with Gasteiger partial charge >= 0.3 is 34.0 Å². The van der Waals surface area contributed by atoms with E-state index in [9.17, 15) is 34.5 Å². The molecule has 51 heavy (non-hydrogen) atoms. The van der Waals surface area contributed by atoms with Crippen molar-refractivity contribution in [3.63, 3.8) is 0 Å². The van der Waals surface area contributed by atoms with E-state index in [2.05, 4.69) is 57.6 Å². The summed E-state index contributed by atoms with van der Waals surface area (Å²) >= 11 is 0. The molecule has 0 saturated carbocycles. The first-order valence-electron chi connectivity index (χ1n) is 15.3. The molecule has 8 nitrogen and oxygen atoms in total. The van der Waals surface area contributed by atoms with Crippen LogP contribution in [-0.4, -0.2) is 71.5 Å². The Morgan fingerprint density at radius 1 is 0.490 bits per heavy atom. The van der Waals surface area contributed by atoms with Crippen LogP contribution in [0.1, 0.15) is 27.7 Å². The summed E-state index contributed by atoms with van der Waals surface area (Å²) < 4.78 is 89.1. The molecule has 2 aliphatic rings. The van der Waals surface area contributed by atoms with Gasteiger partial charge in [0.05, 0.1) is 34.9 Å². The van der Waals surface area contributed by atoms with Crippen LogP contribution in [0.25, 0.3) is 22.8 Å². The number of hydrogen-bond acceptors (Lipinski definition) is 8. The number of halogens is 8. The Bertz CT molecular complexity index is 1370. The fourth-order valence-corrected chi connectivity index (χ4v) is 3.75. The SMILES string of the molecule is CC(C)[C@H]1COC(C2=N[C@@H](C(C)C)CO2)=N1.F[B-](F)(F)F.F[B-](F)(F)F.[Ru+2].c1ccc(-c2ccccn2)nc1.c1ccc(-c2ccccn2)nc1. The molecule has 4 aromatic heterocycles. The minimum Gasteiger partial charge on any atom is -0.472 e. The van der Waals surface area contributed by atoms with Gasteiger partial charge in [-0.25, -0.2) is 9.98 Å². The second kappa shape index (κ2) is 22.5. The number of nitrogens with zero attached hydrogens (tertiary/aromatic N) is 6. The molecule has 0 fully saturated rings. The largest absolute Gasteiger partial charge is 2.00 e. The molecule has 6 rings (SSSR count). The summed E-state index contributed by atoms with van der Waals surface area (Å²) in [6.07, 6.45) is 7.07. The van der Waals surface area contributed by atoms with Crippen LogP contribution >= 0.6 is 0 Å². The molecule has 19 heteroatoms.